The van der Waals surface area contributed by atoms with E-state index in [2.05, 4.69) is 16.0 Å². The van der Waals surface area contributed by atoms with Crippen LogP contribution >= 0.6 is 11.6 Å². The molecule has 0 saturated heterocycles. The summed E-state index contributed by atoms with van der Waals surface area (Å²) in [5.41, 5.74) is 1.17. The van der Waals surface area contributed by atoms with Gasteiger partial charge in [0.15, 0.2) is 0 Å². The van der Waals surface area contributed by atoms with E-state index >= 15 is 0 Å². The Bertz CT molecular complexity index is 563. The lowest BCUT2D eigenvalue weighted by Gasteiger charge is -2.09. The minimum Gasteiger partial charge on any atom is -0.356 e. The van der Waals surface area contributed by atoms with Crippen molar-refractivity contribution in [1.29, 1.82) is 0 Å². The van der Waals surface area contributed by atoms with Gasteiger partial charge in [0, 0.05) is 36.0 Å². The van der Waals surface area contributed by atoms with E-state index in [-0.39, 0.29) is 23.9 Å². The maximum atomic E-state index is 11.8. The van der Waals surface area contributed by atoms with Gasteiger partial charge in [0.25, 0.3) is 0 Å². The standard InChI is InChI=1S/C17H24ClN3O2/c1-11(2)16(22)19-7-4-8-20-17(23)21-15-10-14(15)12-5-3-6-13(18)9-12/h3,5-6,9,11,14-15H,4,7-8,10H2,1-2H3,(H,19,22)(H2,20,21,23)/t14-,15+/m1/s1. The number of hydrogen-bond donors (Lipinski definition) is 3. The van der Waals surface area contributed by atoms with Crippen molar-refractivity contribution in [2.45, 2.75) is 38.6 Å². The first kappa shape index (κ1) is 17.6. The molecule has 2 atom stereocenters. The van der Waals surface area contributed by atoms with E-state index in [1.165, 1.54) is 5.56 Å². The fourth-order valence-corrected chi connectivity index (χ4v) is 2.58. The van der Waals surface area contributed by atoms with E-state index in [1.807, 2.05) is 38.1 Å². The van der Waals surface area contributed by atoms with E-state index in [0.29, 0.717) is 25.4 Å². The van der Waals surface area contributed by atoms with Gasteiger partial charge in [0.1, 0.15) is 0 Å². The minimum absolute atomic E-state index is 0.00968. The van der Waals surface area contributed by atoms with Crippen molar-refractivity contribution in [1.82, 2.24) is 16.0 Å². The Morgan fingerprint density at radius 2 is 2.00 bits per heavy atom. The van der Waals surface area contributed by atoms with Crippen LogP contribution in [0.3, 0.4) is 0 Å². The van der Waals surface area contributed by atoms with Gasteiger partial charge in [0.2, 0.25) is 5.91 Å². The van der Waals surface area contributed by atoms with Gasteiger partial charge in [-0.15, -0.1) is 0 Å². The van der Waals surface area contributed by atoms with Crippen LogP contribution in [0.15, 0.2) is 24.3 Å². The first-order chi connectivity index (χ1) is 11.0. The molecule has 2 rings (SSSR count). The second-order valence-electron chi connectivity index (χ2n) is 6.20. The number of amides is 3. The third-order valence-corrected chi connectivity index (χ3v) is 4.08. The molecular weight excluding hydrogens is 314 g/mol. The molecule has 0 aliphatic heterocycles. The highest BCUT2D eigenvalue weighted by Gasteiger charge is 2.39. The second-order valence-corrected chi connectivity index (χ2v) is 6.64. The molecule has 1 aromatic rings. The highest BCUT2D eigenvalue weighted by Crippen LogP contribution is 2.41. The number of nitrogens with one attached hydrogen (secondary N) is 3. The average molecular weight is 338 g/mol. The zero-order valence-corrected chi connectivity index (χ0v) is 14.3. The molecule has 3 N–H and O–H groups in total. The molecule has 1 aromatic carbocycles. The van der Waals surface area contributed by atoms with Gasteiger partial charge < -0.3 is 16.0 Å². The van der Waals surface area contributed by atoms with Crippen molar-refractivity contribution in [2.24, 2.45) is 5.92 Å². The molecule has 3 amide bonds. The molecule has 1 aliphatic rings. The first-order valence-corrected chi connectivity index (χ1v) is 8.42. The average Bonchev–Trinajstić information content (AvgIpc) is 3.25. The first-order valence-electron chi connectivity index (χ1n) is 8.05. The largest absolute Gasteiger partial charge is 0.356 e. The number of rotatable bonds is 7. The summed E-state index contributed by atoms with van der Waals surface area (Å²) in [7, 11) is 0. The van der Waals surface area contributed by atoms with Gasteiger partial charge in [-0.3, -0.25) is 4.79 Å². The normalized spacial score (nSPS) is 19.3. The van der Waals surface area contributed by atoms with Gasteiger partial charge in [-0.05, 0) is 30.5 Å². The summed E-state index contributed by atoms with van der Waals surface area (Å²) in [6, 6.07) is 7.78. The predicted molar refractivity (Wildman–Crippen MR) is 91.6 cm³/mol. The van der Waals surface area contributed by atoms with Crippen molar-refractivity contribution >= 4 is 23.5 Å². The van der Waals surface area contributed by atoms with Crippen LogP contribution in [0.4, 0.5) is 4.79 Å². The number of urea groups is 1. The van der Waals surface area contributed by atoms with Gasteiger partial charge in [0.05, 0.1) is 0 Å². The Kier molecular flexibility index (Phi) is 6.28. The van der Waals surface area contributed by atoms with E-state index in [0.717, 1.165) is 11.4 Å². The Morgan fingerprint density at radius 3 is 2.70 bits per heavy atom. The fraction of sp³-hybridized carbons (Fsp3) is 0.529. The molecule has 0 aromatic heterocycles. The lowest BCUT2D eigenvalue weighted by Crippen LogP contribution is -2.39. The van der Waals surface area contributed by atoms with Crippen molar-refractivity contribution in [3.63, 3.8) is 0 Å². The van der Waals surface area contributed by atoms with Gasteiger partial charge in [-0.1, -0.05) is 37.6 Å². The summed E-state index contributed by atoms with van der Waals surface area (Å²) < 4.78 is 0. The molecule has 126 valence electrons. The van der Waals surface area contributed by atoms with Crippen LogP contribution in [-0.2, 0) is 4.79 Å². The summed E-state index contributed by atoms with van der Waals surface area (Å²) >= 11 is 5.98. The van der Waals surface area contributed by atoms with Crippen molar-refractivity contribution < 1.29 is 9.59 Å². The fourth-order valence-electron chi connectivity index (χ4n) is 2.39. The molecule has 23 heavy (non-hydrogen) atoms. The monoisotopic (exact) mass is 337 g/mol. The second kappa shape index (κ2) is 8.20. The third kappa shape index (κ3) is 5.75. The molecular formula is C17H24ClN3O2. The summed E-state index contributed by atoms with van der Waals surface area (Å²) in [4.78, 5) is 23.2. The highest BCUT2D eigenvalue weighted by molar-refractivity contribution is 6.30. The smallest absolute Gasteiger partial charge is 0.315 e. The van der Waals surface area contributed by atoms with E-state index in [4.69, 9.17) is 11.6 Å². The summed E-state index contributed by atoms with van der Waals surface area (Å²) in [6.07, 6.45) is 1.66. The van der Waals surface area contributed by atoms with Gasteiger partial charge in [-0.2, -0.15) is 0 Å². The quantitative estimate of drug-likeness (QED) is 0.669. The Balaban J connectivity index is 1.59. The molecule has 0 unspecified atom stereocenters. The molecule has 6 heteroatoms. The number of benzene rings is 1. The van der Waals surface area contributed by atoms with Crippen molar-refractivity contribution in [2.75, 3.05) is 13.1 Å². The van der Waals surface area contributed by atoms with Crippen LogP contribution in [0, 0.1) is 5.92 Å². The topological polar surface area (TPSA) is 70.2 Å². The lowest BCUT2D eigenvalue weighted by molar-refractivity contribution is -0.123. The van der Waals surface area contributed by atoms with Crippen LogP contribution in [-0.4, -0.2) is 31.1 Å². The Morgan fingerprint density at radius 1 is 1.26 bits per heavy atom. The molecule has 5 nitrogen and oxygen atoms in total. The molecule has 0 bridgehead atoms. The number of hydrogen-bond acceptors (Lipinski definition) is 2. The number of carbonyl (C=O) groups excluding carboxylic acids is 2. The van der Waals surface area contributed by atoms with Crippen LogP contribution < -0.4 is 16.0 Å². The molecule has 1 fully saturated rings. The van der Waals surface area contributed by atoms with E-state index < -0.39 is 0 Å². The SMILES string of the molecule is CC(C)C(=O)NCCCNC(=O)N[C@H]1C[C@@H]1c1cccc(Cl)c1. The maximum absolute atomic E-state index is 11.8. The minimum atomic E-state index is -0.158. The van der Waals surface area contributed by atoms with Crippen molar-refractivity contribution in [3.8, 4) is 0 Å². The van der Waals surface area contributed by atoms with E-state index in [9.17, 15) is 9.59 Å². The molecule has 1 saturated carbocycles. The van der Waals surface area contributed by atoms with Crippen LogP contribution in [0.1, 0.15) is 38.2 Å². The van der Waals surface area contributed by atoms with Crippen LogP contribution in [0.5, 0.6) is 0 Å². The van der Waals surface area contributed by atoms with Gasteiger partial charge >= 0.3 is 6.03 Å². The zero-order valence-electron chi connectivity index (χ0n) is 13.6. The predicted octanol–water partition coefficient (Wildman–Crippen LogP) is 2.66. The summed E-state index contributed by atoms with van der Waals surface area (Å²) in [5, 5.41) is 9.32. The maximum Gasteiger partial charge on any atom is 0.315 e. The Labute approximate surface area is 142 Å². The number of carbonyl (C=O) groups is 2. The highest BCUT2D eigenvalue weighted by atomic mass is 35.5. The van der Waals surface area contributed by atoms with Crippen LogP contribution in [0.2, 0.25) is 5.02 Å². The molecule has 1 aliphatic carbocycles. The third-order valence-electron chi connectivity index (χ3n) is 3.85. The van der Waals surface area contributed by atoms with E-state index in [1.54, 1.807) is 0 Å². The van der Waals surface area contributed by atoms with Gasteiger partial charge in [-0.25, -0.2) is 4.79 Å². The Hall–Kier alpha value is -1.75. The van der Waals surface area contributed by atoms with Crippen LogP contribution in [0.25, 0.3) is 0 Å². The molecule has 0 spiro atoms. The summed E-state index contributed by atoms with van der Waals surface area (Å²) in [6.45, 7) is 4.82. The summed E-state index contributed by atoms with van der Waals surface area (Å²) in [5.74, 6) is 0.381. The molecule has 0 heterocycles. The number of halogens is 1. The lowest BCUT2D eigenvalue weighted by atomic mass is 10.1. The zero-order chi connectivity index (χ0) is 16.8. The van der Waals surface area contributed by atoms with Crippen molar-refractivity contribution in [3.05, 3.63) is 34.9 Å². The molecule has 0 radical (unpaired) electrons.